The minimum atomic E-state index is -0.983. The van der Waals surface area contributed by atoms with Gasteiger partial charge in [-0.25, -0.2) is 0 Å². The molecule has 2 rings (SSSR count). The number of carbonyl (C=O) groups excluding carboxylic acids is 1. The summed E-state index contributed by atoms with van der Waals surface area (Å²) >= 11 is 0. The smallest absolute Gasteiger partial charge is 0.325 e. The molecule has 2 heterocycles. The zero-order chi connectivity index (χ0) is 12.4. The summed E-state index contributed by atoms with van der Waals surface area (Å²) in [4.78, 5) is 22.3. The Kier molecular flexibility index (Phi) is 3.66. The molecule has 2 aliphatic heterocycles. The lowest BCUT2D eigenvalue weighted by Crippen LogP contribution is -2.42. The van der Waals surface area contributed by atoms with Gasteiger partial charge < -0.3 is 15.7 Å². The van der Waals surface area contributed by atoms with Crippen molar-refractivity contribution in [2.24, 2.45) is 5.92 Å². The lowest BCUT2D eigenvalue weighted by molar-refractivity contribution is -0.141. The molecule has 0 saturated carbocycles. The molecular formula is C12H20N2O3. The maximum atomic E-state index is 11.7. The van der Waals surface area contributed by atoms with Gasteiger partial charge in [0.05, 0.1) is 0 Å². The summed E-state index contributed by atoms with van der Waals surface area (Å²) in [6.07, 6.45) is 4.99. The average molecular weight is 240 g/mol. The van der Waals surface area contributed by atoms with Crippen LogP contribution in [-0.4, -0.2) is 35.1 Å². The SMILES string of the molecule is C[C@@H](NC(=O)CC1CC2CCC(C1)N2)C(=O)O. The quantitative estimate of drug-likeness (QED) is 0.668. The van der Waals surface area contributed by atoms with Crippen molar-refractivity contribution >= 4 is 11.9 Å². The molecule has 96 valence electrons. The van der Waals surface area contributed by atoms with Gasteiger partial charge in [0.25, 0.3) is 0 Å². The predicted octanol–water partition coefficient (Wildman–Crippen LogP) is 0.496. The molecule has 3 atom stereocenters. The van der Waals surface area contributed by atoms with E-state index in [9.17, 15) is 9.59 Å². The van der Waals surface area contributed by atoms with Crippen LogP contribution in [0.5, 0.6) is 0 Å². The van der Waals surface area contributed by atoms with Crippen LogP contribution in [0.3, 0.4) is 0 Å². The van der Waals surface area contributed by atoms with Crippen molar-refractivity contribution in [3.8, 4) is 0 Å². The Labute approximate surface area is 101 Å². The molecule has 0 aromatic heterocycles. The van der Waals surface area contributed by atoms with Crippen LogP contribution in [0.4, 0.5) is 0 Å². The van der Waals surface area contributed by atoms with Gasteiger partial charge in [-0.3, -0.25) is 9.59 Å². The van der Waals surface area contributed by atoms with Crippen LogP contribution < -0.4 is 10.6 Å². The van der Waals surface area contributed by atoms with E-state index in [-0.39, 0.29) is 5.91 Å². The molecule has 2 aliphatic rings. The molecule has 3 N–H and O–H groups in total. The summed E-state index contributed by atoms with van der Waals surface area (Å²) < 4.78 is 0. The number of amides is 1. The average Bonchev–Trinajstić information content (AvgIpc) is 2.57. The summed E-state index contributed by atoms with van der Waals surface area (Å²) in [5, 5.41) is 14.8. The molecule has 0 spiro atoms. The number of rotatable bonds is 4. The number of carboxylic acids is 1. The van der Waals surface area contributed by atoms with E-state index in [1.807, 2.05) is 0 Å². The van der Waals surface area contributed by atoms with Crippen molar-refractivity contribution in [1.82, 2.24) is 10.6 Å². The number of hydrogen-bond acceptors (Lipinski definition) is 3. The van der Waals surface area contributed by atoms with Gasteiger partial charge in [-0.1, -0.05) is 0 Å². The summed E-state index contributed by atoms with van der Waals surface area (Å²) in [6, 6.07) is 0.354. The zero-order valence-electron chi connectivity index (χ0n) is 10.1. The summed E-state index contributed by atoms with van der Waals surface area (Å²) in [5.41, 5.74) is 0. The Morgan fingerprint density at radius 3 is 2.47 bits per heavy atom. The van der Waals surface area contributed by atoms with Crippen molar-refractivity contribution < 1.29 is 14.7 Å². The molecule has 0 radical (unpaired) electrons. The first kappa shape index (κ1) is 12.4. The Morgan fingerprint density at radius 1 is 1.35 bits per heavy atom. The number of fused-ring (bicyclic) bond motifs is 2. The summed E-state index contributed by atoms with van der Waals surface area (Å²) in [6.45, 7) is 1.49. The number of aliphatic carboxylic acids is 1. The predicted molar refractivity (Wildman–Crippen MR) is 62.5 cm³/mol. The number of carboxylic acid groups (broad SMARTS) is 1. The Balaban J connectivity index is 1.77. The highest BCUT2D eigenvalue weighted by Crippen LogP contribution is 2.32. The van der Waals surface area contributed by atoms with E-state index in [1.54, 1.807) is 0 Å². The van der Waals surface area contributed by atoms with Crippen molar-refractivity contribution in [2.45, 2.75) is 57.2 Å². The molecule has 2 fully saturated rings. The molecule has 0 aromatic rings. The maximum Gasteiger partial charge on any atom is 0.325 e. The number of piperidine rings is 1. The maximum absolute atomic E-state index is 11.7. The normalized spacial score (nSPS) is 33.1. The highest BCUT2D eigenvalue weighted by Gasteiger charge is 2.34. The van der Waals surface area contributed by atoms with Crippen LogP contribution >= 0.6 is 0 Å². The number of carbonyl (C=O) groups is 2. The van der Waals surface area contributed by atoms with Crippen LogP contribution in [0.2, 0.25) is 0 Å². The molecule has 2 bridgehead atoms. The second-order valence-corrected chi connectivity index (χ2v) is 5.31. The molecule has 0 aliphatic carbocycles. The van der Waals surface area contributed by atoms with E-state index in [4.69, 9.17) is 5.11 Å². The highest BCUT2D eigenvalue weighted by atomic mass is 16.4. The van der Waals surface area contributed by atoms with Crippen LogP contribution in [-0.2, 0) is 9.59 Å². The van der Waals surface area contributed by atoms with Crippen LogP contribution in [0.25, 0.3) is 0 Å². The van der Waals surface area contributed by atoms with Gasteiger partial charge in [0, 0.05) is 18.5 Å². The second kappa shape index (κ2) is 5.04. The van der Waals surface area contributed by atoms with Crippen LogP contribution in [0.1, 0.15) is 39.0 Å². The monoisotopic (exact) mass is 240 g/mol. The third kappa shape index (κ3) is 3.19. The van der Waals surface area contributed by atoms with E-state index < -0.39 is 12.0 Å². The fourth-order valence-corrected chi connectivity index (χ4v) is 2.97. The van der Waals surface area contributed by atoms with Gasteiger partial charge in [0.1, 0.15) is 6.04 Å². The largest absolute Gasteiger partial charge is 0.480 e. The van der Waals surface area contributed by atoms with Crippen molar-refractivity contribution in [1.29, 1.82) is 0 Å². The van der Waals surface area contributed by atoms with Gasteiger partial charge in [-0.15, -0.1) is 0 Å². The number of hydrogen-bond donors (Lipinski definition) is 3. The van der Waals surface area contributed by atoms with Gasteiger partial charge in [-0.2, -0.15) is 0 Å². The Morgan fingerprint density at radius 2 is 1.94 bits per heavy atom. The van der Waals surface area contributed by atoms with E-state index in [1.165, 1.54) is 19.8 Å². The van der Waals surface area contributed by atoms with Crippen molar-refractivity contribution in [2.75, 3.05) is 0 Å². The minimum absolute atomic E-state index is 0.133. The van der Waals surface area contributed by atoms with Crippen molar-refractivity contribution in [3.05, 3.63) is 0 Å². The van der Waals surface area contributed by atoms with Gasteiger partial charge in [0.2, 0.25) is 5.91 Å². The van der Waals surface area contributed by atoms with Gasteiger partial charge >= 0.3 is 5.97 Å². The molecular weight excluding hydrogens is 220 g/mol. The van der Waals surface area contributed by atoms with Gasteiger partial charge in [-0.05, 0) is 38.5 Å². The molecule has 1 amide bonds. The van der Waals surface area contributed by atoms with E-state index in [0.29, 0.717) is 24.4 Å². The number of nitrogens with one attached hydrogen (secondary N) is 2. The van der Waals surface area contributed by atoms with Crippen LogP contribution in [0.15, 0.2) is 0 Å². The minimum Gasteiger partial charge on any atom is -0.480 e. The molecule has 5 heteroatoms. The van der Waals surface area contributed by atoms with E-state index in [2.05, 4.69) is 10.6 Å². The zero-order valence-corrected chi connectivity index (χ0v) is 10.1. The topological polar surface area (TPSA) is 78.4 Å². The van der Waals surface area contributed by atoms with Gasteiger partial charge in [0.15, 0.2) is 0 Å². The molecule has 17 heavy (non-hydrogen) atoms. The fourth-order valence-electron chi connectivity index (χ4n) is 2.97. The fraction of sp³-hybridized carbons (Fsp3) is 0.833. The van der Waals surface area contributed by atoms with Crippen molar-refractivity contribution in [3.63, 3.8) is 0 Å². The van der Waals surface area contributed by atoms with E-state index in [0.717, 1.165) is 12.8 Å². The Hall–Kier alpha value is -1.10. The molecule has 2 saturated heterocycles. The first-order valence-electron chi connectivity index (χ1n) is 6.33. The first-order valence-corrected chi connectivity index (χ1v) is 6.33. The highest BCUT2D eigenvalue weighted by molar-refractivity contribution is 5.83. The third-order valence-electron chi connectivity index (χ3n) is 3.79. The molecule has 5 nitrogen and oxygen atoms in total. The first-order chi connectivity index (χ1) is 8.04. The standard InChI is InChI=1S/C12H20N2O3/c1-7(12(16)17)13-11(15)6-8-4-9-2-3-10(5-8)14-9/h7-10,14H,2-6H2,1H3,(H,13,15)(H,16,17)/t7-,8?,9?,10?/m1/s1. The summed E-state index contributed by atoms with van der Waals surface area (Å²) in [5.74, 6) is -0.704. The second-order valence-electron chi connectivity index (χ2n) is 5.31. The summed E-state index contributed by atoms with van der Waals surface area (Å²) in [7, 11) is 0. The molecule has 2 unspecified atom stereocenters. The van der Waals surface area contributed by atoms with Crippen LogP contribution in [0, 0.1) is 5.92 Å². The van der Waals surface area contributed by atoms with E-state index >= 15 is 0 Å². The lowest BCUT2D eigenvalue weighted by atomic mass is 9.89. The lowest BCUT2D eigenvalue weighted by Gasteiger charge is -2.28. The Bertz CT molecular complexity index is 307. The third-order valence-corrected chi connectivity index (χ3v) is 3.79. The molecule has 0 aromatic carbocycles.